The molecule has 5 heteroatoms. The molecule has 2 fully saturated rings. The summed E-state index contributed by atoms with van der Waals surface area (Å²) in [4.78, 5) is 14.9. The molecule has 0 saturated carbocycles. The third-order valence-corrected chi connectivity index (χ3v) is 7.48. The normalized spacial score (nSPS) is 18.8. The molecule has 2 aliphatic heterocycles. The summed E-state index contributed by atoms with van der Waals surface area (Å²) >= 11 is 0. The van der Waals surface area contributed by atoms with Gasteiger partial charge in [0.1, 0.15) is 11.6 Å². The molecule has 4 rings (SSSR count). The van der Waals surface area contributed by atoms with Crippen molar-refractivity contribution in [1.82, 2.24) is 19.8 Å². The van der Waals surface area contributed by atoms with Gasteiger partial charge in [-0.3, -0.25) is 0 Å². The number of benzene rings is 1. The SMILES string of the molecule is CCc1cc2c(NC3CCN(C(C)C)CC3)nc(C)nc2cc1CCCCN1CCCC1. The second kappa shape index (κ2) is 10.9. The third kappa shape index (κ3) is 5.79. The fourth-order valence-electron chi connectivity index (χ4n) is 5.46. The first kappa shape index (κ1) is 23.4. The van der Waals surface area contributed by atoms with Crippen molar-refractivity contribution in [2.24, 2.45) is 0 Å². The second-order valence-electron chi connectivity index (χ2n) is 10.2. The predicted octanol–water partition coefficient (Wildman–Crippen LogP) is 5.20. The second-order valence-corrected chi connectivity index (χ2v) is 10.2. The van der Waals surface area contributed by atoms with Crippen molar-refractivity contribution >= 4 is 16.7 Å². The average Bonchev–Trinajstić information content (AvgIpc) is 3.30. The molecular formula is C27H43N5. The van der Waals surface area contributed by atoms with E-state index in [1.54, 1.807) is 0 Å². The summed E-state index contributed by atoms with van der Waals surface area (Å²) in [6.07, 6.45) is 9.92. The van der Waals surface area contributed by atoms with Crippen LogP contribution in [-0.2, 0) is 12.8 Å². The van der Waals surface area contributed by atoms with Gasteiger partial charge in [-0.1, -0.05) is 6.92 Å². The predicted molar refractivity (Wildman–Crippen MR) is 136 cm³/mol. The van der Waals surface area contributed by atoms with Gasteiger partial charge < -0.3 is 15.1 Å². The molecule has 1 N–H and O–H groups in total. The van der Waals surface area contributed by atoms with Crippen LogP contribution < -0.4 is 5.32 Å². The molecule has 3 heterocycles. The van der Waals surface area contributed by atoms with Crippen molar-refractivity contribution in [1.29, 1.82) is 0 Å². The summed E-state index contributed by atoms with van der Waals surface area (Å²) in [6.45, 7) is 15.1. The smallest absolute Gasteiger partial charge is 0.137 e. The molecule has 0 aliphatic carbocycles. The zero-order chi connectivity index (χ0) is 22.5. The number of piperidine rings is 1. The van der Waals surface area contributed by atoms with Crippen LogP contribution in [0.3, 0.4) is 0 Å². The topological polar surface area (TPSA) is 44.3 Å². The number of nitrogens with zero attached hydrogens (tertiary/aromatic N) is 4. The number of hydrogen-bond acceptors (Lipinski definition) is 5. The number of anilines is 1. The van der Waals surface area contributed by atoms with Gasteiger partial charge in [-0.2, -0.15) is 0 Å². The van der Waals surface area contributed by atoms with Gasteiger partial charge in [0.2, 0.25) is 0 Å². The van der Waals surface area contributed by atoms with Crippen molar-refractivity contribution in [3.05, 3.63) is 29.1 Å². The van der Waals surface area contributed by atoms with Gasteiger partial charge in [-0.05, 0) is 115 Å². The van der Waals surface area contributed by atoms with Crippen LogP contribution >= 0.6 is 0 Å². The molecule has 0 radical (unpaired) electrons. The Bertz CT molecular complexity index is 879. The summed E-state index contributed by atoms with van der Waals surface area (Å²) < 4.78 is 0. The van der Waals surface area contributed by atoms with E-state index in [9.17, 15) is 0 Å². The summed E-state index contributed by atoms with van der Waals surface area (Å²) in [6, 6.07) is 5.86. The Morgan fingerprint density at radius 2 is 1.75 bits per heavy atom. The van der Waals surface area contributed by atoms with Crippen molar-refractivity contribution in [3.63, 3.8) is 0 Å². The fourth-order valence-corrected chi connectivity index (χ4v) is 5.46. The molecule has 5 nitrogen and oxygen atoms in total. The molecule has 1 aromatic carbocycles. The lowest BCUT2D eigenvalue weighted by atomic mass is 9.97. The molecule has 0 unspecified atom stereocenters. The third-order valence-electron chi connectivity index (χ3n) is 7.48. The van der Waals surface area contributed by atoms with Gasteiger partial charge in [0.25, 0.3) is 0 Å². The zero-order valence-electron chi connectivity index (χ0n) is 20.8. The molecule has 0 amide bonds. The summed E-state index contributed by atoms with van der Waals surface area (Å²) in [5.41, 5.74) is 4.05. The standard InChI is InChI=1S/C27H43N5/c1-5-22-18-25-26(19-23(22)10-6-7-13-31-14-8-9-15-31)28-21(4)29-27(25)30-24-11-16-32(17-12-24)20(2)3/h18-20,24H,5-17H2,1-4H3,(H,28,29,30). The van der Waals surface area contributed by atoms with Crippen molar-refractivity contribution in [2.75, 3.05) is 38.0 Å². The van der Waals surface area contributed by atoms with Crippen LogP contribution in [-0.4, -0.2) is 64.6 Å². The molecule has 2 aliphatic rings. The Kier molecular flexibility index (Phi) is 8.01. The maximum Gasteiger partial charge on any atom is 0.137 e. The summed E-state index contributed by atoms with van der Waals surface area (Å²) in [5, 5.41) is 4.99. The van der Waals surface area contributed by atoms with Gasteiger partial charge in [0.15, 0.2) is 0 Å². The number of rotatable bonds is 9. The van der Waals surface area contributed by atoms with E-state index in [0.717, 1.165) is 30.0 Å². The van der Waals surface area contributed by atoms with Crippen LogP contribution in [0.5, 0.6) is 0 Å². The molecular weight excluding hydrogens is 394 g/mol. The Morgan fingerprint density at radius 1 is 1.00 bits per heavy atom. The van der Waals surface area contributed by atoms with E-state index >= 15 is 0 Å². The van der Waals surface area contributed by atoms with Crippen LogP contribution in [0.25, 0.3) is 10.9 Å². The minimum Gasteiger partial charge on any atom is -0.367 e. The van der Waals surface area contributed by atoms with E-state index in [1.807, 2.05) is 6.92 Å². The van der Waals surface area contributed by atoms with Crippen LogP contribution in [0.15, 0.2) is 12.1 Å². The lowest BCUT2D eigenvalue weighted by Gasteiger charge is -2.35. The molecule has 32 heavy (non-hydrogen) atoms. The van der Waals surface area contributed by atoms with Crippen LogP contribution in [0.4, 0.5) is 5.82 Å². The van der Waals surface area contributed by atoms with Gasteiger partial charge in [-0.15, -0.1) is 0 Å². The molecule has 1 aromatic heterocycles. The van der Waals surface area contributed by atoms with Crippen molar-refractivity contribution in [2.45, 2.75) is 91.1 Å². The quantitative estimate of drug-likeness (QED) is 0.546. The lowest BCUT2D eigenvalue weighted by molar-refractivity contribution is 0.177. The largest absolute Gasteiger partial charge is 0.367 e. The lowest BCUT2D eigenvalue weighted by Crippen LogP contribution is -2.42. The Hall–Kier alpha value is -1.72. The first-order chi connectivity index (χ1) is 15.5. The van der Waals surface area contributed by atoms with Crippen molar-refractivity contribution < 1.29 is 0 Å². The minimum atomic E-state index is 0.498. The summed E-state index contributed by atoms with van der Waals surface area (Å²) in [5.74, 6) is 1.90. The van der Waals surface area contributed by atoms with E-state index in [1.165, 1.54) is 87.8 Å². The highest BCUT2D eigenvalue weighted by Crippen LogP contribution is 2.28. The van der Waals surface area contributed by atoms with E-state index in [2.05, 4.69) is 48.0 Å². The number of likely N-dealkylation sites (tertiary alicyclic amines) is 2. The monoisotopic (exact) mass is 437 g/mol. The molecule has 2 aromatic rings. The van der Waals surface area contributed by atoms with Crippen LogP contribution in [0.2, 0.25) is 0 Å². The summed E-state index contributed by atoms with van der Waals surface area (Å²) in [7, 11) is 0. The number of aromatic nitrogens is 2. The Labute approximate surface area is 195 Å². The highest BCUT2D eigenvalue weighted by molar-refractivity contribution is 5.90. The van der Waals surface area contributed by atoms with E-state index < -0.39 is 0 Å². The minimum absolute atomic E-state index is 0.498. The highest BCUT2D eigenvalue weighted by Gasteiger charge is 2.22. The molecule has 2 saturated heterocycles. The Morgan fingerprint density at radius 3 is 2.44 bits per heavy atom. The first-order valence-electron chi connectivity index (χ1n) is 13.1. The number of fused-ring (bicyclic) bond motifs is 1. The molecule has 0 bridgehead atoms. The Balaban J connectivity index is 1.46. The number of aryl methyl sites for hydroxylation is 3. The molecule has 0 spiro atoms. The maximum atomic E-state index is 4.83. The average molecular weight is 438 g/mol. The van der Waals surface area contributed by atoms with Crippen LogP contribution in [0, 0.1) is 6.92 Å². The number of hydrogen-bond donors (Lipinski definition) is 1. The van der Waals surface area contributed by atoms with E-state index in [0.29, 0.717) is 12.1 Å². The number of unbranched alkanes of at least 4 members (excludes halogenated alkanes) is 1. The molecule has 0 atom stereocenters. The van der Waals surface area contributed by atoms with Crippen LogP contribution in [0.1, 0.15) is 76.2 Å². The van der Waals surface area contributed by atoms with Gasteiger partial charge in [0.05, 0.1) is 5.52 Å². The van der Waals surface area contributed by atoms with Gasteiger partial charge in [-0.25, -0.2) is 9.97 Å². The molecule has 176 valence electrons. The van der Waals surface area contributed by atoms with Gasteiger partial charge >= 0.3 is 0 Å². The highest BCUT2D eigenvalue weighted by atomic mass is 15.2. The zero-order valence-corrected chi connectivity index (χ0v) is 20.8. The van der Waals surface area contributed by atoms with E-state index in [4.69, 9.17) is 9.97 Å². The van der Waals surface area contributed by atoms with Crippen molar-refractivity contribution in [3.8, 4) is 0 Å². The van der Waals surface area contributed by atoms with Gasteiger partial charge in [0, 0.05) is 30.6 Å². The first-order valence-corrected chi connectivity index (χ1v) is 13.1. The fraction of sp³-hybridized carbons (Fsp3) is 0.704. The number of nitrogens with one attached hydrogen (secondary N) is 1. The van der Waals surface area contributed by atoms with E-state index in [-0.39, 0.29) is 0 Å². The maximum absolute atomic E-state index is 4.83.